The Morgan fingerprint density at radius 3 is 2.53 bits per heavy atom. The van der Waals surface area contributed by atoms with E-state index in [0.717, 1.165) is 11.7 Å². The molecule has 0 saturated heterocycles. The summed E-state index contributed by atoms with van der Waals surface area (Å²) in [5, 5.41) is 10.0. The highest BCUT2D eigenvalue weighted by Gasteiger charge is 2.30. The molecule has 1 aromatic rings. The summed E-state index contributed by atoms with van der Waals surface area (Å²) in [6.45, 7) is 6.26. The van der Waals surface area contributed by atoms with Crippen LogP contribution >= 0.6 is 11.3 Å². The van der Waals surface area contributed by atoms with E-state index >= 15 is 0 Å². The maximum atomic E-state index is 12.4. The lowest BCUT2D eigenvalue weighted by atomic mass is 10.1. The molecule has 0 spiro atoms. The van der Waals surface area contributed by atoms with Crippen LogP contribution in [0, 0.1) is 0 Å². The first kappa shape index (κ1) is 15.7. The van der Waals surface area contributed by atoms with Gasteiger partial charge < -0.3 is 20.6 Å². The van der Waals surface area contributed by atoms with Crippen molar-refractivity contribution >= 4 is 28.2 Å². The minimum atomic E-state index is -0.635. The molecule has 1 heterocycles. The molecular weight excluding hydrogens is 264 g/mol. The van der Waals surface area contributed by atoms with Crippen molar-refractivity contribution in [3.05, 3.63) is 4.88 Å². The third-order valence-corrected chi connectivity index (χ3v) is 4.41. The number of hydrogen-bond donors (Lipinski definition) is 2. The van der Waals surface area contributed by atoms with E-state index in [9.17, 15) is 9.90 Å². The van der Waals surface area contributed by atoms with E-state index in [1.54, 1.807) is 20.9 Å². The SMILES string of the molecule is CCN(C)c1nc(N)c(C(=O)N(C)C(C)(C)CO)s1. The number of aromatic nitrogens is 1. The Hall–Kier alpha value is -1.34. The molecule has 0 fully saturated rings. The van der Waals surface area contributed by atoms with E-state index in [1.165, 1.54) is 16.2 Å². The number of rotatable bonds is 5. The van der Waals surface area contributed by atoms with Gasteiger partial charge in [-0.1, -0.05) is 11.3 Å². The summed E-state index contributed by atoms with van der Waals surface area (Å²) < 4.78 is 0. The van der Waals surface area contributed by atoms with Gasteiger partial charge in [0.1, 0.15) is 10.7 Å². The van der Waals surface area contributed by atoms with Gasteiger partial charge in [-0.3, -0.25) is 4.79 Å². The van der Waals surface area contributed by atoms with Crippen molar-refractivity contribution in [2.45, 2.75) is 26.3 Å². The lowest BCUT2D eigenvalue weighted by Crippen LogP contribution is -2.47. The average molecular weight is 286 g/mol. The number of nitrogens with two attached hydrogens (primary N) is 1. The minimum Gasteiger partial charge on any atom is -0.394 e. The molecule has 0 saturated carbocycles. The van der Waals surface area contributed by atoms with Gasteiger partial charge in [0.05, 0.1) is 12.1 Å². The average Bonchev–Trinajstić information content (AvgIpc) is 2.78. The second kappa shape index (κ2) is 5.75. The number of likely N-dealkylation sites (N-methyl/N-ethyl adjacent to an activating group) is 1. The highest BCUT2D eigenvalue weighted by molar-refractivity contribution is 7.18. The third kappa shape index (κ3) is 3.16. The number of nitrogens with zero attached hydrogens (tertiary/aromatic N) is 3. The summed E-state index contributed by atoms with van der Waals surface area (Å²) in [7, 11) is 3.55. The fraction of sp³-hybridized carbons (Fsp3) is 0.667. The molecular formula is C12H22N4O2S. The predicted molar refractivity (Wildman–Crippen MR) is 78.7 cm³/mol. The molecule has 0 aromatic carbocycles. The molecule has 0 aliphatic heterocycles. The van der Waals surface area contributed by atoms with Gasteiger partial charge in [-0.15, -0.1) is 0 Å². The van der Waals surface area contributed by atoms with Crippen LogP contribution in [-0.2, 0) is 0 Å². The van der Waals surface area contributed by atoms with Crippen LogP contribution in [0.5, 0.6) is 0 Å². The first-order valence-corrected chi connectivity index (χ1v) is 6.92. The zero-order chi connectivity index (χ0) is 14.8. The van der Waals surface area contributed by atoms with Crippen LogP contribution in [0.25, 0.3) is 0 Å². The smallest absolute Gasteiger partial charge is 0.268 e. The van der Waals surface area contributed by atoms with E-state index in [4.69, 9.17) is 5.73 Å². The highest BCUT2D eigenvalue weighted by atomic mass is 32.1. The van der Waals surface area contributed by atoms with Crippen LogP contribution in [0.1, 0.15) is 30.4 Å². The zero-order valence-corrected chi connectivity index (χ0v) is 12.9. The number of carbonyl (C=O) groups is 1. The molecule has 19 heavy (non-hydrogen) atoms. The van der Waals surface area contributed by atoms with Crippen LogP contribution in [0.2, 0.25) is 0 Å². The van der Waals surface area contributed by atoms with Gasteiger partial charge >= 0.3 is 0 Å². The van der Waals surface area contributed by atoms with Gasteiger partial charge in [0.2, 0.25) is 0 Å². The zero-order valence-electron chi connectivity index (χ0n) is 12.1. The number of anilines is 2. The molecule has 0 atom stereocenters. The first-order chi connectivity index (χ1) is 8.74. The molecule has 0 radical (unpaired) electrons. The quantitative estimate of drug-likeness (QED) is 0.844. The largest absolute Gasteiger partial charge is 0.394 e. The van der Waals surface area contributed by atoms with E-state index in [2.05, 4.69) is 4.98 Å². The molecule has 7 heteroatoms. The van der Waals surface area contributed by atoms with Crippen LogP contribution in [0.4, 0.5) is 10.9 Å². The summed E-state index contributed by atoms with van der Waals surface area (Å²) >= 11 is 1.27. The lowest BCUT2D eigenvalue weighted by molar-refractivity contribution is 0.0478. The van der Waals surface area contributed by atoms with Crippen LogP contribution in [0.3, 0.4) is 0 Å². The van der Waals surface area contributed by atoms with Crippen molar-refractivity contribution in [1.82, 2.24) is 9.88 Å². The van der Waals surface area contributed by atoms with Gasteiger partial charge in [0.25, 0.3) is 5.91 Å². The van der Waals surface area contributed by atoms with Gasteiger partial charge in [-0.2, -0.15) is 0 Å². The van der Waals surface area contributed by atoms with Gasteiger partial charge in [0, 0.05) is 20.6 Å². The Labute approximate surface area is 117 Å². The maximum Gasteiger partial charge on any atom is 0.268 e. The molecule has 3 N–H and O–H groups in total. The number of nitrogen functional groups attached to an aromatic ring is 1. The Balaban J connectivity index is 3.04. The van der Waals surface area contributed by atoms with Crippen molar-refractivity contribution in [3.8, 4) is 0 Å². The molecule has 0 aliphatic carbocycles. The lowest BCUT2D eigenvalue weighted by Gasteiger charge is -2.33. The molecule has 1 amide bonds. The fourth-order valence-electron chi connectivity index (χ4n) is 1.31. The molecule has 0 aliphatic rings. The van der Waals surface area contributed by atoms with Crippen LogP contribution < -0.4 is 10.6 Å². The van der Waals surface area contributed by atoms with Crippen LogP contribution in [0.15, 0.2) is 0 Å². The highest BCUT2D eigenvalue weighted by Crippen LogP contribution is 2.29. The molecule has 1 aromatic heterocycles. The first-order valence-electron chi connectivity index (χ1n) is 6.11. The fourth-order valence-corrected chi connectivity index (χ4v) is 2.29. The molecule has 6 nitrogen and oxygen atoms in total. The van der Waals surface area contributed by atoms with E-state index in [0.29, 0.717) is 4.88 Å². The van der Waals surface area contributed by atoms with E-state index < -0.39 is 5.54 Å². The van der Waals surface area contributed by atoms with Gasteiger partial charge in [0.15, 0.2) is 5.13 Å². The Kier molecular flexibility index (Phi) is 4.75. The summed E-state index contributed by atoms with van der Waals surface area (Å²) in [5.41, 5.74) is 5.19. The van der Waals surface area contributed by atoms with Gasteiger partial charge in [-0.05, 0) is 20.8 Å². The second-order valence-electron chi connectivity index (χ2n) is 5.06. The van der Waals surface area contributed by atoms with Crippen LogP contribution in [-0.4, -0.2) is 53.7 Å². The standard InChI is InChI=1S/C12H22N4O2S/c1-6-15(4)11-14-9(13)8(19-11)10(18)16(5)12(2,3)7-17/h17H,6-7,13H2,1-5H3. The number of amides is 1. The van der Waals surface area contributed by atoms with Crippen molar-refractivity contribution in [1.29, 1.82) is 0 Å². The summed E-state index contributed by atoms with van der Waals surface area (Å²) in [6.07, 6.45) is 0. The number of aliphatic hydroxyl groups excluding tert-OH is 1. The maximum absolute atomic E-state index is 12.4. The normalized spacial score (nSPS) is 11.5. The van der Waals surface area contributed by atoms with E-state index in [1.807, 2.05) is 18.9 Å². The van der Waals surface area contributed by atoms with Crippen molar-refractivity contribution in [2.75, 3.05) is 37.9 Å². The number of carbonyl (C=O) groups excluding carboxylic acids is 1. The Bertz CT molecular complexity index is 459. The predicted octanol–water partition coefficient (Wildman–Crippen LogP) is 1.02. The molecule has 1 rings (SSSR count). The molecule has 108 valence electrons. The van der Waals surface area contributed by atoms with Crippen molar-refractivity contribution in [2.24, 2.45) is 0 Å². The number of aliphatic hydroxyl groups is 1. The van der Waals surface area contributed by atoms with Crippen molar-refractivity contribution < 1.29 is 9.90 Å². The molecule has 0 unspecified atom stereocenters. The number of thiazole rings is 1. The van der Waals surface area contributed by atoms with Gasteiger partial charge in [-0.25, -0.2) is 4.98 Å². The topological polar surface area (TPSA) is 82.7 Å². The third-order valence-electron chi connectivity index (χ3n) is 3.24. The van der Waals surface area contributed by atoms with Crippen molar-refractivity contribution in [3.63, 3.8) is 0 Å². The molecule has 0 bridgehead atoms. The summed E-state index contributed by atoms with van der Waals surface area (Å²) in [5.74, 6) is 0.0238. The summed E-state index contributed by atoms with van der Waals surface area (Å²) in [6, 6.07) is 0. The Morgan fingerprint density at radius 2 is 2.05 bits per heavy atom. The minimum absolute atomic E-state index is 0.115. The monoisotopic (exact) mass is 286 g/mol. The van der Waals surface area contributed by atoms with E-state index in [-0.39, 0.29) is 18.3 Å². The summed E-state index contributed by atoms with van der Waals surface area (Å²) in [4.78, 5) is 20.4. The number of hydrogen-bond acceptors (Lipinski definition) is 6. The second-order valence-corrected chi connectivity index (χ2v) is 6.04. The Morgan fingerprint density at radius 1 is 1.47 bits per heavy atom.